The third-order valence-corrected chi connectivity index (χ3v) is 2.00. The molecule has 16 heavy (non-hydrogen) atoms. The van der Waals surface area contributed by atoms with Gasteiger partial charge in [-0.2, -0.15) is 0 Å². The lowest BCUT2D eigenvalue weighted by molar-refractivity contribution is -0.114. The molecule has 1 aromatic rings. The van der Waals surface area contributed by atoms with Crippen LogP contribution in [-0.2, 0) is 4.79 Å². The van der Waals surface area contributed by atoms with Crippen LogP contribution in [0.5, 0.6) is 11.5 Å². The zero-order chi connectivity index (χ0) is 12.1. The van der Waals surface area contributed by atoms with E-state index >= 15 is 0 Å². The summed E-state index contributed by atoms with van der Waals surface area (Å²) in [6.07, 6.45) is 0.629. The zero-order valence-electron chi connectivity index (χ0n) is 9.37. The summed E-state index contributed by atoms with van der Waals surface area (Å²) in [7, 11) is 2.94. The quantitative estimate of drug-likeness (QED) is 0.785. The second-order valence-electron chi connectivity index (χ2n) is 3.09. The molecule has 0 aliphatic carbocycles. The van der Waals surface area contributed by atoms with Gasteiger partial charge in [0.25, 0.3) is 0 Å². The minimum absolute atomic E-state index is 0.265. The van der Waals surface area contributed by atoms with Crippen LogP contribution in [0.2, 0.25) is 0 Å². The molecule has 0 unspecified atom stereocenters. The smallest absolute Gasteiger partial charge is 0.221 e. The normalized spacial score (nSPS) is 9.44. The molecule has 5 nitrogen and oxygen atoms in total. The summed E-state index contributed by atoms with van der Waals surface area (Å²) in [6.45, 7) is 1.36. The molecule has 1 aromatic carbocycles. The molecule has 1 amide bonds. The standard InChI is InChI=1S/C11H13NO4/c1-7(14)12-10-4-8(15-2)5-11(16-3)9(10)6-13/h4-6H,1-3H3,(H,12,14). The number of carbonyl (C=O) groups excluding carboxylic acids is 2. The Hall–Kier alpha value is -2.04. The monoisotopic (exact) mass is 223 g/mol. The molecule has 0 saturated heterocycles. The summed E-state index contributed by atoms with van der Waals surface area (Å²) in [5.74, 6) is 0.600. The van der Waals surface area contributed by atoms with Gasteiger partial charge < -0.3 is 14.8 Å². The lowest BCUT2D eigenvalue weighted by atomic mass is 10.1. The van der Waals surface area contributed by atoms with E-state index in [1.807, 2.05) is 0 Å². The molecule has 0 radical (unpaired) electrons. The van der Waals surface area contributed by atoms with Gasteiger partial charge in [-0.25, -0.2) is 0 Å². The highest BCUT2D eigenvalue weighted by atomic mass is 16.5. The van der Waals surface area contributed by atoms with E-state index in [9.17, 15) is 9.59 Å². The number of hydrogen-bond acceptors (Lipinski definition) is 4. The number of nitrogens with one attached hydrogen (secondary N) is 1. The van der Waals surface area contributed by atoms with Gasteiger partial charge in [-0.3, -0.25) is 9.59 Å². The average Bonchev–Trinajstić information content (AvgIpc) is 2.27. The first-order valence-corrected chi connectivity index (χ1v) is 4.61. The highest BCUT2D eigenvalue weighted by Gasteiger charge is 2.12. The van der Waals surface area contributed by atoms with Crippen molar-refractivity contribution in [3.05, 3.63) is 17.7 Å². The Kier molecular flexibility index (Phi) is 3.88. The van der Waals surface area contributed by atoms with Crippen LogP contribution in [-0.4, -0.2) is 26.4 Å². The summed E-state index contributed by atoms with van der Waals surface area (Å²) < 4.78 is 10.1. The molecule has 0 bridgehead atoms. The highest BCUT2D eigenvalue weighted by molar-refractivity contribution is 5.97. The molecule has 1 N–H and O–H groups in total. The molecule has 0 aliphatic heterocycles. The molecule has 0 atom stereocenters. The van der Waals surface area contributed by atoms with E-state index in [-0.39, 0.29) is 5.91 Å². The van der Waals surface area contributed by atoms with Gasteiger partial charge in [-0.1, -0.05) is 0 Å². The molecule has 0 fully saturated rings. The largest absolute Gasteiger partial charge is 0.497 e. The highest BCUT2D eigenvalue weighted by Crippen LogP contribution is 2.30. The molecule has 0 aromatic heterocycles. The van der Waals surface area contributed by atoms with Crippen LogP contribution >= 0.6 is 0 Å². The third kappa shape index (κ3) is 2.50. The van der Waals surface area contributed by atoms with Crippen molar-refractivity contribution >= 4 is 17.9 Å². The third-order valence-electron chi connectivity index (χ3n) is 2.00. The van der Waals surface area contributed by atoms with Crippen molar-refractivity contribution in [2.75, 3.05) is 19.5 Å². The topological polar surface area (TPSA) is 64.6 Å². The van der Waals surface area contributed by atoms with Crippen molar-refractivity contribution in [2.24, 2.45) is 0 Å². The molecular weight excluding hydrogens is 210 g/mol. The maximum Gasteiger partial charge on any atom is 0.221 e. The van der Waals surface area contributed by atoms with Gasteiger partial charge in [-0.15, -0.1) is 0 Å². The van der Waals surface area contributed by atoms with Gasteiger partial charge in [0.2, 0.25) is 5.91 Å². The number of amides is 1. The van der Waals surface area contributed by atoms with Crippen LogP contribution in [0.1, 0.15) is 17.3 Å². The van der Waals surface area contributed by atoms with Crippen LogP contribution < -0.4 is 14.8 Å². The molecule has 0 heterocycles. The SMILES string of the molecule is COc1cc(NC(C)=O)c(C=O)c(OC)c1. The fraction of sp³-hybridized carbons (Fsp3) is 0.273. The van der Waals surface area contributed by atoms with E-state index in [2.05, 4.69) is 5.32 Å². The van der Waals surface area contributed by atoms with Crippen LogP contribution in [0, 0.1) is 0 Å². The van der Waals surface area contributed by atoms with Gasteiger partial charge in [0.05, 0.1) is 25.5 Å². The van der Waals surface area contributed by atoms with E-state index in [1.54, 1.807) is 12.1 Å². The number of carbonyl (C=O) groups is 2. The minimum atomic E-state index is -0.265. The number of anilines is 1. The summed E-state index contributed by atoms with van der Waals surface area (Å²) in [6, 6.07) is 3.14. The van der Waals surface area contributed by atoms with Crippen molar-refractivity contribution < 1.29 is 19.1 Å². The number of ether oxygens (including phenoxy) is 2. The van der Waals surface area contributed by atoms with E-state index in [4.69, 9.17) is 9.47 Å². The van der Waals surface area contributed by atoms with Crippen molar-refractivity contribution in [1.82, 2.24) is 0 Å². The van der Waals surface area contributed by atoms with Crippen molar-refractivity contribution in [1.29, 1.82) is 0 Å². The fourth-order valence-electron chi connectivity index (χ4n) is 1.30. The van der Waals surface area contributed by atoms with Gasteiger partial charge in [0, 0.05) is 19.1 Å². The Morgan fingerprint density at radius 2 is 2.00 bits per heavy atom. The van der Waals surface area contributed by atoms with Gasteiger partial charge >= 0.3 is 0 Å². The van der Waals surface area contributed by atoms with Crippen LogP contribution in [0.3, 0.4) is 0 Å². The van der Waals surface area contributed by atoms with Crippen LogP contribution in [0.4, 0.5) is 5.69 Å². The first kappa shape index (κ1) is 12.0. The molecule has 86 valence electrons. The predicted octanol–water partition coefficient (Wildman–Crippen LogP) is 1.47. The van der Waals surface area contributed by atoms with Gasteiger partial charge in [-0.05, 0) is 0 Å². The van der Waals surface area contributed by atoms with E-state index in [0.717, 1.165) is 0 Å². The molecule has 1 rings (SSSR count). The number of hydrogen-bond donors (Lipinski definition) is 1. The first-order valence-electron chi connectivity index (χ1n) is 4.61. The molecule has 0 spiro atoms. The lowest BCUT2D eigenvalue weighted by Gasteiger charge is -2.12. The Labute approximate surface area is 93.4 Å². The molecule has 0 aliphatic rings. The summed E-state index contributed by atoms with van der Waals surface area (Å²) >= 11 is 0. The van der Waals surface area contributed by atoms with Crippen LogP contribution in [0.15, 0.2) is 12.1 Å². The second kappa shape index (κ2) is 5.16. The van der Waals surface area contributed by atoms with E-state index in [0.29, 0.717) is 29.0 Å². The zero-order valence-corrected chi connectivity index (χ0v) is 9.37. The van der Waals surface area contributed by atoms with Gasteiger partial charge in [0.1, 0.15) is 11.5 Å². The van der Waals surface area contributed by atoms with Crippen LogP contribution in [0.25, 0.3) is 0 Å². The molecule has 5 heteroatoms. The number of rotatable bonds is 4. The van der Waals surface area contributed by atoms with E-state index in [1.165, 1.54) is 21.1 Å². The fourth-order valence-corrected chi connectivity index (χ4v) is 1.30. The predicted molar refractivity (Wildman–Crippen MR) is 59.2 cm³/mol. The minimum Gasteiger partial charge on any atom is -0.497 e. The molecular formula is C11H13NO4. The van der Waals surface area contributed by atoms with Crippen molar-refractivity contribution in [2.45, 2.75) is 6.92 Å². The molecule has 0 saturated carbocycles. The maximum absolute atomic E-state index is 11.0. The number of benzene rings is 1. The Bertz CT molecular complexity index is 415. The average molecular weight is 223 g/mol. The first-order chi connectivity index (χ1) is 7.62. The Balaban J connectivity index is 3.30. The Morgan fingerprint density at radius 3 is 2.44 bits per heavy atom. The van der Waals surface area contributed by atoms with E-state index < -0.39 is 0 Å². The second-order valence-corrected chi connectivity index (χ2v) is 3.09. The maximum atomic E-state index is 11.0. The summed E-state index contributed by atoms with van der Waals surface area (Å²) in [4.78, 5) is 21.9. The summed E-state index contributed by atoms with van der Waals surface area (Å²) in [5, 5.41) is 2.54. The Morgan fingerprint density at radius 1 is 1.31 bits per heavy atom. The summed E-state index contributed by atoms with van der Waals surface area (Å²) in [5.41, 5.74) is 0.664. The number of aldehydes is 1. The van der Waals surface area contributed by atoms with Gasteiger partial charge in [0.15, 0.2) is 6.29 Å². The van der Waals surface area contributed by atoms with Crippen molar-refractivity contribution in [3.8, 4) is 11.5 Å². The van der Waals surface area contributed by atoms with Crippen molar-refractivity contribution in [3.63, 3.8) is 0 Å². The lowest BCUT2D eigenvalue weighted by Crippen LogP contribution is -2.09. The number of methoxy groups -OCH3 is 2.